The SMILES string of the molecule is CCCC1(C(=O)NCCc2cccc(C(=O)O)c2)CC[C@]2(C)C(CCC3C4(C)CCC(=O)C(C)(C)C4CCC32C)C1C. The van der Waals surface area contributed by atoms with Gasteiger partial charge in [-0.1, -0.05) is 67.0 Å². The highest BCUT2D eigenvalue weighted by atomic mass is 16.4. The number of amides is 1. The lowest BCUT2D eigenvalue weighted by Crippen LogP contribution is -2.67. The van der Waals surface area contributed by atoms with Crippen molar-refractivity contribution in [3.05, 3.63) is 35.4 Å². The van der Waals surface area contributed by atoms with Gasteiger partial charge in [-0.25, -0.2) is 4.79 Å². The monoisotopic (exact) mass is 577 g/mol. The van der Waals surface area contributed by atoms with Crippen LogP contribution in [0.25, 0.3) is 0 Å². The highest BCUT2D eigenvalue weighted by Crippen LogP contribution is 2.75. The molecule has 1 aromatic carbocycles. The molecule has 4 saturated carbocycles. The number of benzene rings is 1. The van der Waals surface area contributed by atoms with Crippen molar-refractivity contribution in [1.29, 1.82) is 0 Å². The fourth-order valence-electron chi connectivity index (χ4n) is 11.7. The normalized spacial score (nSPS) is 40.8. The number of nitrogens with one attached hydrogen (secondary N) is 1. The largest absolute Gasteiger partial charge is 0.478 e. The topological polar surface area (TPSA) is 83.5 Å². The second-order valence-corrected chi connectivity index (χ2v) is 16.0. The van der Waals surface area contributed by atoms with E-state index >= 15 is 0 Å². The predicted molar refractivity (Wildman–Crippen MR) is 167 cm³/mol. The van der Waals surface area contributed by atoms with Gasteiger partial charge in [-0.3, -0.25) is 9.59 Å². The molecule has 42 heavy (non-hydrogen) atoms. The van der Waals surface area contributed by atoms with Crippen molar-refractivity contribution in [2.45, 2.75) is 119 Å². The maximum atomic E-state index is 14.1. The summed E-state index contributed by atoms with van der Waals surface area (Å²) in [5.74, 6) is 1.64. The number of carboxylic acid groups (broad SMARTS) is 1. The highest BCUT2D eigenvalue weighted by molar-refractivity contribution is 5.88. The van der Waals surface area contributed by atoms with Crippen LogP contribution in [0, 0.1) is 50.7 Å². The van der Waals surface area contributed by atoms with Crippen LogP contribution in [0.4, 0.5) is 0 Å². The quantitative estimate of drug-likeness (QED) is 0.343. The van der Waals surface area contributed by atoms with Gasteiger partial charge >= 0.3 is 5.97 Å². The Balaban J connectivity index is 1.36. The van der Waals surface area contributed by atoms with E-state index in [2.05, 4.69) is 53.8 Å². The first kappa shape index (κ1) is 31.3. The number of ketones is 1. The zero-order valence-corrected chi connectivity index (χ0v) is 27.3. The lowest BCUT2D eigenvalue weighted by molar-refractivity contribution is -0.232. The van der Waals surface area contributed by atoms with Crippen molar-refractivity contribution < 1.29 is 19.5 Å². The van der Waals surface area contributed by atoms with E-state index in [0.717, 1.165) is 50.5 Å². The van der Waals surface area contributed by atoms with E-state index in [1.165, 1.54) is 19.3 Å². The third-order valence-electron chi connectivity index (χ3n) is 14.3. The van der Waals surface area contributed by atoms with Gasteiger partial charge in [-0.2, -0.15) is 0 Å². The van der Waals surface area contributed by atoms with Crippen LogP contribution in [0.3, 0.4) is 0 Å². The van der Waals surface area contributed by atoms with E-state index in [1.807, 2.05) is 6.07 Å². The molecule has 2 N–H and O–H groups in total. The number of aromatic carboxylic acids is 1. The molecule has 0 aromatic heterocycles. The molecule has 4 aliphatic carbocycles. The third kappa shape index (κ3) is 4.50. The Labute approximate surface area is 254 Å². The molecule has 5 heteroatoms. The van der Waals surface area contributed by atoms with Crippen LogP contribution in [0.1, 0.15) is 129 Å². The van der Waals surface area contributed by atoms with Crippen LogP contribution < -0.4 is 5.32 Å². The molecule has 232 valence electrons. The molecule has 0 radical (unpaired) electrons. The van der Waals surface area contributed by atoms with Crippen molar-refractivity contribution in [3.63, 3.8) is 0 Å². The first-order valence-corrected chi connectivity index (χ1v) is 16.8. The Morgan fingerprint density at radius 3 is 2.38 bits per heavy atom. The smallest absolute Gasteiger partial charge is 0.335 e. The number of carbonyl (C=O) groups is 3. The molecule has 0 saturated heterocycles. The number of Topliss-reactive ketones (excluding diaryl/α,β-unsaturated/α-hetero) is 1. The van der Waals surface area contributed by atoms with Crippen LogP contribution in [-0.4, -0.2) is 29.3 Å². The van der Waals surface area contributed by atoms with Crippen molar-refractivity contribution in [3.8, 4) is 0 Å². The van der Waals surface area contributed by atoms with Gasteiger partial charge in [0.05, 0.1) is 11.0 Å². The van der Waals surface area contributed by atoms with Gasteiger partial charge in [0.1, 0.15) is 5.78 Å². The van der Waals surface area contributed by atoms with Gasteiger partial charge in [-0.15, -0.1) is 0 Å². The Kier molecular flexibility index (Phi) is 8.02. The Hall–Kier alpha value is -2.17. The Bertz CT molecular complexity index is 1240. The molecular weight excluding hydrogens is 522 g/mol. The number of hydrogen-bond donors (Lipinski definition) is 2. The summed E-state index contributed by atoms with van der Waals surface area (Å²) in [5.41, 5.74) is 1.25. The fourth-order valence-corrected chi connectivity index (χ4v) is 11.7. The van der Waals surface area contributed by atoms with E-state index in [0.29, 0.717) is 42.4 Å². The van der Waals surface area contributed by atoms with Gasteiger partial charge in [0.2, 0.25) is 5.91 Å². The average Bonchev–Trinajstić information content (AvgIpc) is 2.93. The van der Waals surface area contributed by atoms with Crippen LogP contribution in [0.5, 0.6) is 0 Å². The molecule has 0 heterocycles. The van der Waals surface area contributed by atoms with E-state index in [4.69, 9.17) is 0 Å². The minimum atomic E-state index is -0.923. The number of carboxylic acids is 1. The molecule has 0 aliphatic heterocycles. The summed E-state index contributed by atoms with van der Waals surface area (Å²) in [7, 11) is 0. The van der Waals surface area contributed by atoms with Crippen molar-refractivity contribution >= 4 is 17.7 Å². The molecule has 7 unspecified atom stereocenters. The number of carbonyl (C=O) groups excluding carboxylic acids is 2. The number of rotatable bonds is 7. The molecule has 1 aromatic rings. The summed E-state index contributed by atoms with van der Waals surface area (Å²) >= 11 is 0. The summed E-state index contributed by atoms with van der Waals surface area (Å²) in [5, 5.41) is 12.7. The number of fused-ring (bicyclic) bond motifs is 5. The van der Waals surface area contributed by atoms with Crippen molar-refractivity contribution in [1.82, 2.24) is 5.32 Å². The molecule has 5 nitrogen and oxygen atoms in total. The minimum Gasteiger partial charge on any atom is -0.478 e. The van der Waals surface area contributed by atoms with Crippen molar-refractivity contribution in [2.75, 3.05) is 6.54 Å². The average molecular weight is 578 g/mol. The molecule has 5 rings (SSSR count). The molecule has 1 amide bonds. The van der Waals surface area contributed by atoms with Crippen LogP contribution in [0.2, 0.25) is 0 Å². The lowest BCUT2D eigenvalue weighted by atomic mass is 9.32. The van der Waals surface area contributed by atoms with E-state index < -0.39 is 5.97 Å². The lowest BCUT2D eigenvalue weighted by Gasteiger charge is -2.72. The van der Waals surface area contributed by atoms with Gasteiger partial charge in [0.15, 0.2) is 0 Å². The van der Waals surface area contributed by atoms with Gasteiger partial charge in [-0.05, 0) is 115 Å². The van der Waals surface area contributed by atoms with Crippen LogP contribution in [-0.2, 0) is 16.0 Å². The summed E-state index contributed by atoms with van der Waals surface area (Å²) < 4.78 is 0. The summed E-state index contributed by atoms with van der Waals surface area (Å²) in [6, 6.07) is 7.04. The summed E-state index contributed by atoms with van der Waals surface area (Å²) in [6.45, 7) is 17.3. The summed E-state index contributed by atoms with van der Waals surface area (Å²) in [4.78, 5) is 38.5. The molecule has 0 spiro atoms. The summed E-state index contributed by atoms with van der Waals surface area (Å²) in [6.07, 6.45) is 11.0. The fraction of sp³-hybridized carbons (Fsp3) is 0.757. The van der Waals surface area contributed by atoms with Gasteiger partial charge in [0, 0.05) is 18.4 Å². The predicted octanol–water partition coefficient (Wildman–Crippen LogP) is 8.10. The van der Waals surface area contributed by atoms with Gasteiger partial charge in [0.25, 0.3) is 0 Å². The standard InChI is InChI=1S/C37H55NO4/c1-8-17-37(32(42)38-22-16-25-10-9-11-26(23-25)31(40)41)21-20-35(6)27(24(37)2)12-13-29-34(5)18-15-30(39)33(3,4)28(34)14-19-36(29,35)7/h9-11,23-24,27-29H,8,12-22H2,1-7H3,(H,38,42)(H,40,41)/t24?,27?,28?,29?,34?,35-,36?,37?/m1/s1. The maximum Gasteiger partial charge on any atom is 0.335 e. The molecule has 4 aliphatic rings. The highest BCUT2D eigenvalue weighted by Gasteiger charge is 2.69. The second-order valence-electron chi connectivity index (χ2n) is 16.0. The molecule has 0 bridgehead atoms. The Morgan fingerprint density at radius 2 is 1.69 bits per heavy atom. The first-order chi connectivity index (χ1) is 19.7. The third-order valence-corrected chi connectivity index (χ3v) is 14.3. The van der Waals surface area contributed by atoms with Crippen LogP contribution in [0.15, 0.2) is 24.3 Å². The van der Waals surface area contributed by atoms with E-state index in [9.17, 15) is 19.5 Å². The Morgan fingerprint density at radius 1 is 0.952 bits per heavy atom. The van der Waals surface area contributed by atoms with Crippen molar-refractivity contribution in [2.24, 2.45) is 50.7 Å². The van der Waals surface area contributed by atoms with E-state index in [-0.39, 0.29) is 38.5 Å². The minimum absolute atomic E-state index is 0.184. The van der Waals surface area contributed by atoms with E-state index in [1.54, 1.807) is 18.2 Å². The van der Waals surface area contributed by atoms with Crippen LogP contribution >= 0.6 is 0 Å². The first-order valence-electron chi connectivity index (χ1n) is 16.8. The molecule has 4 fully saturated rings. The molecular formula is C37H55NO4. The zero-order valence-electron chi connectivity index (χ0n) is 27.3. The van der Waals surface area contributed by atoms with Gasteiger partial charge < -0.3 is 10.4 Å². The second kappa shape index (κ2) is 10.8. The molecule has 8 atom stereocenters. The maximum absolute atomic E-state index is 14.1. The number of hydrogen-bond acceptors (Lipinski definition) is 3. The zero-order chi connectivity index (χ0) is 30.7.